The fourth-order valence-corrected chi connectivity index (χ4v) is 3.81. The SMILES string of the molecule is Cc1oc(=O)oc1COn1cc(C(=O)NN(Cc2ccc(-c3cc(Cl)ccc3Cl)cc2)CC(O)C(=O)O)nn1. The van der Waals surface area contributed by atoms with E-state index in [1.807, 2.05) is 0 Å². The highest BCUT2D eigenvalue weighted by Gasteiger charge is 2.22. The molecule has 2 heterocycles. The molecule has 39 heavy (non-hydrogen) atoms. The second kappa shape index (κ2) is 12.1. The van der Waals surface area contributed by atoms with E-state index in [2.05, 4.69) is 15.7 Å². The predicted octanol–water partition coefficient (Wildman–Crippen LogP) is 2.33. The lowest BCUT2D eigenvalue weighted by Crippen LogP contribution is -2.47. The van der Waals surface area contributed by atoms with Crippen molar-refractivity contribution < 1.29 is 33.5 Å². The Morgan fingerprint density at radius 1 is 1.18 bits per heavy atom. The molecule has 0 aliphatic heterocycles. The molecule has 4 rings (SSSR count). The maximum Gasteiger partial charge on any atom is 0.519 e. The third-order valence-electron chi connectivity index (χ3n) is 5.37. The van der Waals surface area contributed by atoms with Crippen molar-refractivity contribution >= 4 is 35.1 Å². The Labute approximate surface area is 230 Å². The molecule has 0 fully saturated rings. The lowest BCUT2D eigenvalue weighted by Gasteiger charge is -2.24. The first-order valence-electron chi connectivity index (χ1n) is 11.2. The standard InChI is InChI=1S/C24H21Cl2N5O8/c1-13-21(39-24(36)38-13)12-37-31-10-19(27-29-31)22(33)28-30(11-20(32)23(34)35)9-14-2-4-15(5-3-14)17-8-16(25)6-7-18(17)26/h2-8,10,20,32H,9,11-12H2,1H3,(H,28,33)(H,34,35). The fourth-order valence-electron chi connectivity index (χ4n) is 3.41. The number of amides is 1. The van der Waals surface area contributed by atoms with E-state index >= 15 is 0 Å². The fraction of sp³-hybridized carbons (Fsp3) is 0.208. The summed E-state index contributed by atoms with van der Waals surface area (Å²) in [6, 6.07) is 12.2. The van der Waals surface area contributed by atoms with Gasteiger partial charge in [0.05, 0.1) is 6.54 Å². The molecule has 0 saturated heterocycles. The molecular weight excluding hydrogens is 557 g/mol. The van der Waals surface area contributed by atoms with Crippen molar-refractivity contribution in [3.63, 3.8) is 0 Å². The number of nitrogens with zero attached hydrogens (tertiary/aromatic N) is 4. The van der Waals surface area contributed by atoms with Crippen LogP contribution in [0.15, 0.2) is 62.3 Å². The molecule has 13 nitrogen and oxygen atoms in total. The lowest BCUT2D eigenvalue weighted by molar-refractivity contribution is -0.148. The number of benzene rings is 2. The molecule has 0 radical (unpaired) electrons. The van der Waals surface area contributed by atoms with Crippen LogP contribution in [0.2, 0.25) is 10.0 Å². The molecule has 0 aliphatic carbocycles. The number of carbonyl (C=O) groups is 2. The van der Waals surface area contributed by atoms with Crippen LogP contribution in [0.25, 0.3) is 11.1 Å². The van der Waals surface area contributed by atoms with Gasteiger partial charge in [0.2, 0.25) is 0 Å². The van der Waals surface area contributed by atoms with Gasteiger partial charge < -0.3 is 23.9 Å². The number of aryl methyl sites for hydroxylation is 1. The minimum Gasteiger partial charge on any atom is -0.479 e. The van der Waals surface area contributed by atoms with Gasteiger partial charge in [-0.25, -0.2) is 14.6 Å². The molecule has 2 aromatic heterocycles. The highest BCUT2D eigenvalue weighted by atomic mass is 35.5. The monoisotopic (exact) mass is 577 g/mol. The van der Waals surface area contributed by atoms with Crippen molar-refractivity contribution in [3.8, 4) is 11.1 Å². The van der Waals surface area contributed by atoms with Gasteiger partial charge in [0, 0.05) is 22.2 Å². The number of halogens is 2. The molecule has 3 N–H and O–H groups in total. The summed E-state index contributed by atoms with van der Waals surface area (Å²) in [5, 5.41) is 28.7. The summed E-state index contributed by atoms with van der Waals surface area (Å²) in [6.07, 6.45) is -0.611. The zero-order valence-electron chi connectivity index (χ0n) is 20.2. The molecular formula is C24H21Cl2N5O8. The molecule has 0 bridgehead atoms. The van der Waals surface area contributed by atoms with Crippen LogP contribution >= 0.6 is 23.2 Å². The average molecular weight is 578 g/mol. The smallest absolute Gasteiger partial charge is 0.479 e. The molecule has 204 valence electrons. The van der Waals surface area contributed by atoms with Crippen molar-refractivity contribution in [1.82, 2.24) is 25.6 Å². The average Bonchev–Trinajstić information content (AvgIpc) is 3.50. The normalized spacial score (nSPS) is 11.9. The molecule has 1 atom stereocenters. The second-order valence-corrected chi connectivity index (χ2v) is 9.05. The van der Waals surface area contributed by atoms with Crippen LogP contribution in [0.3, 0.4) is 0 Å². The number of carboxylic acid groups (broad SMARTS) is 1. The number of aliphatic hydroxyl groups excluding tert-OH is 1. The zero-order valence-corrected chi connectivity index (χ0v) is 21.7. The number of rotatable bonds is 11. The van der Waals surface area contributed by atoms with Gasteiger partial charge in [-0.1, -0.05) is 52.3 Å². The number of carboxylic acids is 1. The first-order valence-corrected chi connectivity index (χ1v) is 12.0. The Kier molecular flexibility index (Phi) is 8.66. The number of nitrogens with one attached hydrogen (secondary N) is 1. The van der Waals surface area contributed by atoms with E-state index in [-0.39, 0.29) is 30.4 Å². The van der Waals surface area contributed by atoms with Crippen LogP contribution < -0.4 is 16.1 Å². The summed E-state index contributed by atoms with van der Waals surface area (Å²) in [5.41, 5.74) is 4.58. The van der Waals surface area contributed by atoms with Gasteiger partial charge in [0.15, 0.2) is 29.9 Å². The molecule has 2 aromatic carbocycles. The molecule has 15 heteroatoms. The summed E-state index contributed by atoms with van der Waals surface area (Å²) >= 11 is 12.4. The van der Waals surface area contributed by atoms with E-state index in [0.29, 0.717) is 15.6 Å². The van der Waals surface area contributed by atoms with Crippen molar-refractivity contribution in [1.29, 1.82) is 0 Å². The Morgan fingerprint density at radius 3 is 2.59 bits per heavy atom. The third-order valence-corrected chi connectivity index (χ3v) is 5.94. The van der Waals surface area contributed by atoms with Gasteiger partial charge in [0.25, 0.3) is 5.91 Å². The number of aliphatic carboxylic acids is 1. The van der Waals surface area contributed by atoms with Gasteiger partial charge in [0.1, 0.15) is 6.20 Å². The van der Waals surface area contributed by atoms with Crippen LogP contribution in [0.1, 0.15) is 27.6 Å². The van der Waals surface area contributed by atoms with Gasteiger partial charge in [-0.15, -0.1) is 5.10 Å². The molecule has 0 spiro atoms. The summed E-state index contributed by atoms with van der Waals surface area (Å²) in [6.45, 7) is 0.925. The quantitative estimate of drug-likeness (QED) is 0.223. The van der Waals surface area contributed by atoms with Crippen molar-refractivity contribution in [2.24, 2.45) is 0 Å². The number of aliphatic hydroxyl groups is 1. The van der Waals surface area contributed by atoms with E-state index in [1.165, 1.54) is 11.9 Å². The Morgan fingerprint density at radius 2 is 1.92 bits per heavy atom. The summed E-state index contributed by atoms with van der Waals surface area (Å²) < 4.78 is 9.56. The van der Waals surface area contributed by atoms with Gasteiger partial charge >= 0.3 is 11.8 Å². The van der Waals surface area contributed by atoms with Crippen LogP contribution in [0, 0.1) is 6.92 Å². The van der Waals surface area contributed by atoms with E-state index < -0.39 is 30.3 Å². The number of hydrogen-bond acceptors (Lipinski definition) is 10. The van der Waals surface area contributed by atoms with Gasteiger partial charge in [-0.2, -0.15) is 0 Å². The van der Waals surface area contributed by atoms with E-state index in [9.17, 15) is 19.5 Å². The molecule has 0 saturated carbocycles. The highest BCUT2D eigenvalue weighted by Crippen LogP contribution is 2.30. The van der Waals surface area contributed by atoms with Crippen molar-refractivity contribution in [2.45, 2.75) is 26.2 Å². The van der Waals surface area contributed by atoms with Gasteiger partial charge in [-0.05, 0) is 41.5 Å². The van der Waals surface area contributed by atoms with Crippen LogP contribution in [-0.4, -0.2) is 54.9 Å². The minimum atomic E-state index is -1.78. The van der Waals surface area contributed by atoms with E-state index in [1.54, 1.807) is 42.5 Å². The Balaban J connectivity index is 1.44. The summed E-state index contributed by atoms with van der Waals surface area (Å²) in [4.78, 5) is 41.3. The molecule has 1 amide bonds. The van der Waals surface area contributed by atoms with Crippen molar-refractivity contribution in [2.75, 3.05) is 6.54 Å². The Hall–Kier alpha value is -4.17. The summed E-state index contributed by atoms with van der Waals surface area (Å²) in [7, 11) is 0. The third kappa shape index (κ3) is 7.23. The summed E-state index contributed by atoms with van der Waals surface area (Å²) in [5.74, 6) is -2.71. The highest BCUT2D eigenvalue weighted by molar-refractivity contribution is 6.35. The maximum absolute atomic E-state index is 12.8. The molecule has 1 unspecified atom stereocenters. The maximum atomic E-state index is 12.8. The van der Waals surface area contributed by atoms with Crippen LogP contribution in [0.4, 0.5) is 0 Å². The topological polar surface area (TPSA) is 173 Å². The predicted molar refractivity (Wildman–Crippen MR) is 136 cm³/mol. The molecule has 4 aromatic rings. The molecule has 0 aliphatic rings. The van der Waals surface area contributed by atoms with E-state index in [4.69, 9.17) is 42.0 Å². The number of hydrazine groups is 1. The number of hydrogen-bond donors (Lipinski definition) is 3. The van der Waals surface area contributed by atoms with Crippen LogP contribution in [0.5, 0.6) is 0 Å². The second-order valence-electron chi connectivity index (χ2n) is 8.21. The van der Waals surface area contributed by atoms with Crippen LogP contribution in [-0.2, 0) is 17.9 Å². The number of aromatic nitrogens is 3. The van der Waals surface area contributed by atoms with E-state index in [0.717, 1.165) is 22.2 Å². The van der Waals surface area contributed by atoms with Gasteiger partial charge in [-0.3, -0.25) is 10.2 Å². The zero-order chi connectivity index (χ0) is 28.1. The van der Waals surface area contributed by atoms with Crippen molar-refractivity contribution in [3.05, 3.63) is 92.1 Å². The minimum absolute atomic E-state index is 0.0447. The first kappa shape index (κ1) is 27.9. The lowest BCUT2D eigenvalue weighted by atomic mass is 10.0. The Bertz CT molecular complexity index is 1530. The largest absolute Gasteiger partial charge is 0.519 e. The first-order chi connectivity index (χ1) is 18.6. The number of carbonyl (C=O) groups excluding carboxylic acids is 1.